The molecule has 0 aliphatic carbocycles. The van der Waals surface area contributed by atoms with Gasteiger partial charge in [-0.1, -0.05) is 81.0 Å². The number of ether oxygens (including phenoxy) is 1. The molecular weight excluding hydrogens is 470 g/mol. The number of aliphatic hydroxyl groups is 1. The van der Waals surface area contributed by atoms with E-state index in [2.05, 4.69) is 67.8 Å². The molecule has 0 aromatic rings. The lowest BCUT2D eigenvalue weighted by atomic mass is 9.87. The molecule has 1 amide bonds. The van der Waals surface area contributed by atoms with Crippen molar-refractivity contribution in [2.45, 2.75) is 91.6 Å². The maximum absolute atomic E-state index is 12.0. The highest BCUT2D eigenvalue weighted by Gasteiger charge is 2.34. The lowest BCUT2D eigenvalue weighted by Gasteiger charge is -2.28. The molecule has 0 saturated carbocycles. The van der Waals surface area contributed by atoms with Crippen molar-refractivity contribution in [2.24, 2.45) is 5.41 Å². The molecule has 1 unspecified atom stereocenters. The molecule has 0 bridgehead atoms. The Morgan fingerprint density at radius 3 is 2.22 bits per heavy atom. The Hall–Kier alpha value is -2.93. The van der Waals surface area contributed by atoms with E-state index < -0.39 is 23.4 Å². The highest BCUT2D eigenvalue weighted by molar-refractivity contribution is 5.81. The number of aliphatic hydroxyl groups excluding tert-OH is 1. The summed E-state index contributed by atoms with van der Waals surface area (Å²) in [5.41, 5.74) is 0.366. The van der Waals surface area contributed by atoms with Gasteiger partial charge in [0.2, 0.25) is 5.91 Å². The molecule has 1 atom stereocenters. The number of carbonyl (C=O) groups is 3. The van der Waals surface area contributed by atoms with Crippen LogP contribution in [-0.4, -0.2) is 47.3 Å². The van der Waals surface area contributed by atoms with Crippen molar-refractivity contribution < 1.29 is 29.3 Å². The van der Waals surface area contributed by atoms with Crippen LogP contribution in [0.25, 0.3) is 0 Å². The molecule has 208 valence electrons. The van der Waals surface area contributed by atoms with E-state index in [4.69, 9.17) is 9.84 Å². The number of carbonyl (C=O) groups excluding carboxylic acids is 2. The van der Waals surface area contributed by atoms with Crippen molar-refractivity contribution in [3.8, 4) is 0 Å². The number of allylic oxidation sites excluding steroid dienone is 10. The largest absolute Gasteiger partial charge is 0.481 e. The van der Waals surface area contributed by atoms with Gasteiger partial charge in [-0.15, -0.1) is 0 Å². The third kappa shape index (κ3) is 19.9. The van der Waals surface area contributed by atoms with Gasteiger partial charge >= 0.3 is 11.9 Å². The predicted molar refractivity (Wildman–Crippen MR) is 149 cm³/mol. The second-order valence-electron chi connectivity index (χ2n) is 9.63. The van der Waals surface area contributed by atoms with Crippen molar-refractivity contribution in [1.29, 1.82) is 0 Å². The van der Waals surface area contributed by atoms with E-state index in [1.54, 1.807) is 13.8 Å². The van der Waals surface area contributed by atoms with Crippen LogP contribution in [0.3, 0.4) is 0 Å². The van der Waals surface area contributed by atoms with Gasteiger partial charge in [0.05, 0.1) is 13.0 Å². The number of hydrogen-bond acceptors (Lipinski definition) is 5. The van der Waals surface area contributed by atoms with Crippen molar-refractivity contribution in [3.05, 3.63) is 60.3 Å². The van der Waals surface area contributed by atoms with E-state index >= 15 is 0 Å². The van der Waals surface area contributed by atoms with E-state index in [1.165, 1.54) is 5.57 Å². The third-order valence-electron chi connectivity index (χ3n) is 5.47. The fourth-order valence-electron chi connectivity index (χ4n) is 3.07. The molecule has 0 heterocycles. The summed E-state index contributed by atoms with van der Waals surface area (Å²) in [5.74, 6) is -2.10. The van der Waals surface area contributed by atoms with Gasteiger partial charge in [0, 0.05) is 18.4 Å². The molecule has 37 heavy (non-hydrogen) atoms. The summed E-state index contributed by atoms with van der Waals surface area (Å²) in [6.07, 6.45) is 24.3. The van der Waals surface area contributed by atoms with Crippen molar-refractivity contribution >= 4 is 17.8 Å². The fraction of sp³-hybridized carbons (Fsp3) is 0.567. The quantitative estimate of drug-likeness (QED) is 0.107. The monoisotopic (exact) mass is 517 g/mol. The standard InChI is InChI=1S/C30H47NO6/c1-5-6-7-8-13-16-19-25(2)20-17-14-11-9-10-12-15-18-21-27(34)37-24-30(3,4)28(35)29(36)31-23-22-26(32)33/h6-7,10-14,16,20,28,35H,5,8-9,15,17-19,21-24H2,1-4H3,(H,31,36)(H,32,33). The van der Waals surface area contributed by atoms with Crippen LogP contribution in [0.15, 0.2) is 60.3 Å². The second-order valence-corrected chi connectivity index (χ2v) is 9.63. The Balaban J connectivity index is 4.02. The molecule has 7 nitrogen and oxygen atoms in total. The normalized spacial score (nSPS) is 13.7. The average Bonchev–Trinajstić information content (AvgIpc) is 2.85. The SMILES string of the molecule is CCC=CCC=CCC(C)=CCC=CCC=CCCCC(=O)OCC(C)(C)C(O)C(=O)NCCC(=O)O. The molecule has 0 saturated heterocycles. The van der Waals surface area contributed by atoms with Crippen molar-refractivity contribution in [2.75, 3.05) is 13.2 Å². The lowest BCUT2D eigenvalue weighted by molar-refractivity contribution is -0.153. The fourth-order valence-corrected chi connectivity index (χ4v) is 3.07. The van der Waals surface area contributed by atoms with Crippen molar-refractivity contribution in [1.82, 2.24) is 5.32 Å². The van der Waals surface area contributed by atoms with E-state index in [0.29, 0.717) is 6.42 Å². The summed E-state index contributed by atoms with van der Waals surface area (Å²) >= 11 is 0. The van der Waals surface area contributed by atoms with E-state index in [9.17, 15) is 19.5 Å². The van der Waals surface area contributed by atoms with Gasteiger partial charge in [-0.25, -0.2) is 0 Å². The Bertz CT molecular complexity index is 820. The topological polar surface area (TPSA) is 113 Å². The number of unbranched alkanes of at least 4 members (excludes halogenated alkanes) is 1. The number of carboxylic acid groups (broad SMARTS) is 1. The Labute approximate surface area is 223 Å². The molecule has 0 fully saturated rings. The molecule has 0 rings (SSSR count). The molecule has 0 spiro atoms. The van der Waals surface area contributed by atoms with Gasteiger partial charge in [0.1, 0.15) is 6.10 Å². The number of amides is 1. The Kier molecular flexibility index (Phi) is 19.5. The molecule has 0 radical (unpaired) electrons. The zero-order valence-electron chi connectivity index (χ0n) is 23.1. The zero-order chi connectivity index (χ0) is 27.9. The van der Waals surface area contributed by atoms with Crippen LogP contribution in [0, 0.1) is 5.41 Å². The summed E-state index contributed by atoms with van der Waals surface area (Å²) in [6.45, 7) is 7.32. The molecule has 0 aromatic heterocycles. The zero-order valence-corrected chi connectivity index (χ0v) is 23.1. The number of carboxylic acids is 1. The van der Waals surface area contributed by atoms with Gasteiger partial charge < -0.3 is 20.3 Å². The molecule has 3 N–H and O–H groups in total. The molecule has 7 heteroatoms. The average molecular weight is 518 g/mol. The smallest absolute Gasteiger partial charge is 0.305 e. The first-order chi connectivity index (χ1) is 17.6. The molecule has 0 aliphatic rings. The minimum atomic E-state index is -1.42. The maximum atomic E-state index is 12.0. The van der Waals surface area contributed by atoms with E-state index in [1.807, 2.05) is 6.08 Å². The summed E-state index contributed by atoms with van der Waals surface area (Å²) in [5, 5.41) is 21.2. The van der Waals surface area contributed by atoms with E-state index in [-0.39, 0.29) is 32.0 Å². The van der Waals surface area contributed by atoms with Gasteiger partial charge in [0.25, 0.3) is 0 Å². The van der Waals surface area contributed by atoms with Gasteiger partial charge in [-0.3, -0.25) is 14.4 Å². The van der Waals surface area contributed by atoms with Gasteiger partial charge in [-0.05, 0) is 51.9 Å². The molecule has 0 aromatic carbocycles. The third-order valence-corrected chi connectivity index (χ3v) is 5.47. The van der Waals surface area contributed by atoms with Crippen LogP contribution in [0.2, 0.25) is 0 Å². The van der Waals surface area contributed by atoms with Crippen LogP contribution in [0.1, 0.15) is 85.5 Å². The van der Waals surface area contributed by atoms with Gasteiger partial charge in [0.15, 0.2) is 0 Å². The molecular formula is C30H47NO6. The summed E-state index contributed by atoms with van der Waals surface area (Å²) in [4.78, 5) is 34.5. The van der Waals surface area contributed by atoms with Crippen LogP contribution < -0.4 is 5.32 Å². The van der Waals surface area contributed by atoms with Crippen LogP contribution in [-0.2, 0) is 19.1 Å². The Morgan fingerprint density at radius 2 is 1.54 bits per heavy atom. The highest BCUT2D eigenvalue weighted by Crippen LogP contribution is 2.22. The number of hydrogen-bond donors (Lipinski definition) is 3. The maximum Gasteiger partial charge on any atom is 0.305 e. The minimum absolute atomic E-state index is 0.0729. The van der Waals surface area contributed by atoms with E-state index in [0.717, 1.165) is 38.5 Å². The summed E-state index contributed by atoms with van der Waals surface area (Å²) < 4.78 is 5.24. The highest BCUT2D eigenvalue weighted by atomic mass is 16.5. The lowest BCUT2D eigenvalue weighted by Crippen LogP contribution is -2.46. The number of esters is 1. The van der Waals surface area contributed by atoms with Gasteiger partial charge in [-0.2, -0.15) is 0 Å². The first kappa shape index (κ1) is 34.1. The number of aliphatic carboxylic acids is 1. The first-order valence-corrected chi connectivity index (χ1v) is 13.2. The van der Waals surface area contributed by atoms with Crippen LogP contribution in [0.5, 0.6) is 0 Å². The first-order valence-electron chi connectivity index (χ1n) is 13.2. The predicted octanol–water partition coefficient (Wildman–Crippen LogP) is 5.82. The number of rotatable bonds is 20. The number of nitrogens with one attached hydrogen (secondary N) is 1. The molecule has 0 aliphatic heterocycles. The minimum Gasteiger partial charge on any atom is -0.481 e. The second kappa shape index (κ2) is 21.2. The van der Waals surface area contributed by atoms with Crippen LogP contribution >= 0.6 is 0 Å². The summed E-state index contributed by atoms with van der Waals surface area (Å²) in [7, 11) is 0. The summed E-state index contributed by atoms with van der Waals surface area (Å²) in [6, 6.07) is 0. The Morgan fingerprint density at radius 1 is 0.919 bits per heavy atom. The van der Waals surface area contributed by atoms with Crippen LogP contribution in [0.4, 0.5) is 0 Å². The van der Waals surface area contributed by atoms with Crippen molar-refractivity contribution in [3.63, 3.8) is 0 Å².